The summed E-state index contributed by atoms with van der Waals surface area (Å²) in [7, 11) is 0. The van der Waals surface area contributed by atoms with Gasteiger partial charge in [-0.1, -0.05) is 6.07 Å². The van der Waals surface area contributed by atoms with Crippen molar-refractivity contribution in [1.29, 1.82) is 0 Å². The molecule has 0 saturated heterocycles. The maximum absolute atomic E-state index is 11.2. The minimum absolute atomic E-state index is 0.175. The highest BCUT2D eigenvalue weighted by molar-refractivity contribution is 5.98. The Hall–Kier alpha value is -3.09. The molecule has 7 N–H and O–H groups in total. The van der Waals surface area contributed by atoms with Crippen molar-refractivity contribution in [2.45, 2.75) is 0 Å². The molecule has 1 aromatic heterocycles. The highest BCUT2D eigenvalue weighted by atomic mass is 16.1. The molecule has 2 aromatic rings. The van der Waals surface area contributed by atoms with Crippen LogP contribution in [0.25, 0.3) is 0 Å². The minimum Gasteiger partial charge on any atom is -0.397 e. The molecule has 0 saturated carbocycles. The van der Waals surface area contributed by atoms with E-state index in [1.54, 1.807) is 24.3 Å². The molecule has 0 aliphatic heterocycles. The number of rotatable bonds is 4. The Labute approximate surface area is 114 Å². The summed E-state index contributed by atoms with van der Waals surface area (Å²) in [6, 6.07) is 8.01. The molecular weight excluding hydrogens is 258 g/mol. The summed E-state index contributed by atoms with van der Waals surface area (Å²) in [6.45, 7) is 0. The summed E-state index contributed by atoms with van der Waals surface area (Å²) in [5.41, 5.74) is 17.3. The van der Waals surface area contributed by atoms with Gasteiger partial charge in [-0.25, -0.2) is 4.98 Å². The molecule has 0 unspecified atom stereocenters. The predicted octanol–water partition coefficient (Wildman–Crippen LogP) is 0.605. The first-order valence-electron chi connectivity index (χ1n) is 5.69. The standard InChI is InChI=1S/C13H13N5O2/c14-10-6-17-11(5-9(10)13(16)20)18-8-3-1-2-7(4-8)12(15)19/h1-6H,14H2,(H2,15,19)(H2,16,20)(H,17,18). The number of nitrogens with one attached hydrogen (secondary N) is 1. The van der Waals surface area contributed by atoms with Gasteiger partial charge < -0.3 is 22.5 Å². The van der Waals surface area contributed by atoms with Crippen LogP contribution in [0, 0.1) is 0 Å². The third-order valence-corrected chi connectivity index (χ3v) is 2.62. The Balaban J connectivity index is 2.30. The Kier molecular flexibility index (Phi) is 3.52. The summed E-state index contributed by atoms with van der Waals surface area (Å²) in [5.74, 6) is -0.787. The van der Waals surface area contributed by atoms with E-state index in [0.717, 1.165) is 0 Å². The first-order chi connectivity index (χ1) is 9.47. The van der Waals surface area contributed by atoms with Crippen LogP contribution in [-0.2, 0) is 0 Å². The summed E-state index contributed by atoms with van der Waals surface area (Å²) < 4.78 is 0. The van der Waals surface area contributed by atoms with E-state index in [-0.39, 0.29) is 11.3 Å². The zero-order chi connectivity index (χ0) is 14.7. The fourth-order valence-corrected chi connectivity index (χ4v) is 1.65. The molecule has 0 fully saturated rings. The van der Waals surface area contributed by atoms with Crippen LogP contribution in [0.15, 0.2) is 36.5 Å². The van der Waals surface area contributed by atoms with Gasteiger partial charge in [0, 0.05) is 11.3 Å². The van der Waals surface area contributed by atoms with Gasteiger partial charge in [-0.2, -0.15) is 0 Å². The second-order valence-corrected chi connectivity index (χ2v) is 4.09. The van der Waals surface area contributed by atoms with Crippen LogP contribution in [0.1, 0.15) is 20.7 Å². The summed E-state index contributed by atoms with van der Waals surface area (Å²) >= 11 is 0. The Bertz CT molecular complexity index is 684. The van der Waals surface area contributed by atoms with Crippen LogP contribution in [0.5, 0.6) is 0 Å². The SMILES string of the molecule is NC(=O)c1cccc(Nc2cc(C(N)=O)c(N)cn2)c1. The normalized spacial score (nSPS) is 10.0. The molecule has 7 heteroatoms. The van der Waals surface area contributed by atoms with Crippen LogP contribution in [-0.4, -0.2) is 16.8 Å². The van der Waals surface area contributed by atoms with Crippen LogP contribution in [0.2, 0.25) is 0 Å². The highest BCUT2D eigenvalue weighted by Gasteiger charge is 2.08. The molecule has 7 nitrogen and oxygen atoms in total. The third-order valence-electron chi connectivity index (χ3n) is 2.62. The number of nitrogens with zero attached hydrogens (tertiary/aromatic N) is 1. The molecule has 0 atom stereocenters. The lowest BCUT2D eigenvalue weighted by Crippen LogP contribution is -2.14. The highest BCUT2D eigenvalue weighted by Crippen LogP contribution is 2.19. The number of amides is 2. The lowest BCUT2D eigenvalue weighted by atomic mass is 10.2. The molecule has 0 spiro atoms. The van der Waals surface area contributed by atoms with Gasteiger partial charge in [0.2, 0.25) is 5.91 Å². The fourth-order valence-electron chi connectivity index (χ4n) is 1.65. The number of pyridine rings is 1. The van der Waals surface area contributed by atoms with Crippen LogP contribution >= 0.6 is 0 Å². The number of hydrogen-bond acceptors (Lipinski definition) is 5. The van der Waals surface area contributed by atoms with E-state index in [9.17, 15) is 9.59 Å². The second kappa shape index (κ2) is 5.27. The topological polar surface area (TPSA) is 137 Å². The molecular formula is C13H13N5O2. The number of aromatic nitrogens is 1. The van der Waals surface area contributed by atoms with E-state index >= 15 is 0 Å². The van der Waals surface area contributed by atoms with Crippen molar-refractivity contribution < 1.29 is 9.59 Å². The van der Waals surface area contributed by atoms with Crippen LogP contribution in [0.3, 0.4) is 0 Å². The van der Waals surface area contributed by atoms with Crippen molar-refractivity contribution >= 4 is 29.0 Å². The quantitative estimate of drug-likeness (QED) is 0.645. The van der Waals surface area contributed by atoms with Gasteiger partial charge in [-0.3, -0.25) is 9.59 Å². The van der Waals surface area contributed by atoms with Crippen molar-refractivity contribution in [1.82, 2.24) is 4.98 Å². The van der Waals surface area contributed by atoms with Crippen molar-refractivity contribution in [2.24, 2.45) is 11.5 Å². The summed E-state index contributed by atoms with van der Waals surface area (Å²) in [5, 5.41) is 2.94. The van der Waals surface area contributed by atoms with Crippen molar-refractivity contribution in [3.8, 4) is 0 Å². The molecule has 2 rings (SSSR count). The van der Waals surface area contributed by atoms with Crippen molar-refractivity contribution in [2.75, 3.05) is 11.1 Å². The summed E-state index contributed by atoms with van der Waals surface area (Å²) in [6.07, 6.45) is 1.33. The smallest absolute Gasteiger partial charge is 0.250 e. The average molecular weight is 271 g/mol. The third kappa shape index (κ3) is 2.83. The lowest BCUT2D eigenvalue weighted by molar-refractivity contribution is 0.0992. The molecule has 2 amide bonds. The van der Waals surface area contributed by atoms with Crippen LogP contribution in [0.4, 0.5) is 17.2 Å². The van der Waals surface area contributed by atoms with Gasteiger partial charge in [-0.05, 0) is 24.3 Å². The number of nitrogens with two attached hydrogens (primary N) is 3. The zero-order valence-corrected chi connectivity index (χ0v) is 10.5. The Morgan fingerprint density at radius 2 is 1.85 bits per heavy atom. The fraction of sp³-hybridized carbons (Fsp3) is 0. The maximum atomic E-state index is 11.2. The first kappa shape index (κ1) is 13.3. The van der Waals surface area contributed by atoms with Gasteiger partial charge >= 0.3 is 0 Å². The molecule has 102 valence electrons. The van der Waals surface area contributed by atoms with E-state index in [2.05, 4.69) is 10.3 Å². The predicted molar refractivity (Wildman–Crippen MR) is 75.4 cm³/mol. The number of anilines is 3. The average Bonchev–Trinajstić information content (AvgIpc) is 2.41. The lowest BCUT2D eigenvalue weighted by Gasteiger charge is -2.08. The van der Waals surface area contributed by atoms with Crippen LogP contribution < -0.4 is 22.5 Å². The van der Waals surface area contributed by atoms with Gasteiger partial charge in [0.15, 0.2) is 0 Å². The molecule has 0 radical (unpaired) electrons. The van der Waals surface area contributed by atoms with Crippen molar-refractivity contribution in [3.63, 3.8) is 0 Å². The molecule has 1 aromatic carbocycles. The van der Waals surface area contributed by atoms with E-state index < -0.39 is 11.8 Å². The molecule has 0 aliphatic carbocycles. The van der Waals surface area contributed by atoms with Gasteiger partial charge in [0.1, 0.15) is 5.82 Å². The number of benzene rings is 1. The second-order valence-electron chi connectivity index (χ2n) is 4.09. The maximum Gasteiger partial charge on any atom is 0.250 e. The molecule has 0 aliphatic rings. The van der Waals surface area contributed by atoms with Gasteiger partial charge in [0.05, 0.1) is 17.4 Å². The summed E-state index contributed by atoms with van der Waals surface area (Å²) in [4.78, 5) is 26.3. The molecule has 1 heterocycles. The number of carbonyl (C=O) groups excluding carboxylic acids is 2. The Morgan fingerprint density at radius 1 is 1.10 bits per heavy atom. The Morgan fingerprint density at radius 3 is 2.50 bits per heavy atom. The number of nitrogen functional groups attached to an aromatic ring is 1. The number of hydrogen-bond donors (Lipinski definition) is 4. The van der Waals surface area contributed by atoms with E-state index in [4.69, 9.17) is 17.2 Å². The van der Waals surface area contributed by atoms with E-state index in [1.807, 2.05) is 0 Å². The molecule has 20 heavy (non-hydrogen) atoms. The zero-order valence-electron chi connectivity index (χ0n) is 10.5. The monoisotopic (exact) mass is 271 g/mol. The largest absolute Gasteiger partial charge is 0.397 e. The van der Waals surface area contributed by atoms with E-state index in [0.29, 0.717) is 17.1 Å². The van der Waals surface area contributed by atoms with Gasteiger partial charge in [-0.15, -0.1) is 0 Å². The number of primary amides is 2. The number of carbonyl (C=O) groups is 2. The minimum atomic E-state index is -0.640. The van der Waals surface area contributed by atoms with Crippen molar-refractivity contribution in [3.05, 3.63) is 47.7 Å². The van der Waals surface area contributed by atoms with E-state index in [1.165, 1.54) is 12.3 Å². The first-order valence-corrected chi connectivity index (χ1v) is 5.69. The molecule has 0 bridgehead atoms. The van der Waals surface area contributed by atoms with Gasteiger partial charge in [0.25, 0.3) is 5.91 Å².